The molecule has 2 rings (SSSR count). The number of hydrogen-bond acceptors (Lipinski definition) is 8. The molecule has 0 aromatic heterocycles. The van der Waals surface area contributed by atoms with Gasteiger partial charge in [0.1, 0.15) is 11.8 Å². The van der Waals surface area contributed by atoms with E-state index in [9.17, 15) is 14.4 Å². The molecule has 0 radical (unpaired) electrons. The number of aryl methyl sites for hydroxylation is 1. The maximum atomic E-state index is 12.8. The number of hydrogen-bond donors (Lipinski definition) is 2. The molecule has 2 N–H and O–H groups in total. The van der Waals surface area contributed by atoms with Gasteiger partial charge in [-0.15, -0.1) is 0 Å². The number of nitrogens with one attached hydrogen (secondary N) is 2. The molecule has 2 amide bonds. The lowest BCUT2D eigenvalue weighted by atomic mass is 10.0. The van der Waals surface area contributed by atoms with Crippen LogP contribution in [0.5, 0.6) is 17.2 Å². The van der Waals surface area contributed by atoms with Crippen LogP contribution in [0, 0.1) is 12.8 Å². The summed E-state index contributed by atoms with van der Waals surface area (Å²) >= 11 is 3.40. The number of ether oxygens (including phenoxy) is 4. The predicted octanol–water partition coefficient (Wildman–Crippen LogP) is 3.77. The molecule has 0 unspecified atom stereocenters. The smallest absolute Gasteiger partial charge is 0.344 e. The number of amides is 2. The molecule has 0 saturated heterocycles. The SMILES string of the molecule is CCOC(=O)COc1c(Br)cc(/C=N\NC(=O)[C@@H](CC(C)C)NC(=O)COc2ccccc2C)cc1OC. The average Bonchev–Trinajstić information content (AvgIpc) is 2.86. The van der Waals surface area contributed by atoms with Gasteiger partial charge >= 0.3 is 5.97 Å². The fourth-order valence-electron chi connectivity index (χ4n) is 3.34. The third kappa shape index (κ3) is 10.0. The first-order valence-electron chi connectivity index (χ1n) is 12.1. The number of halogens is 1. The number of methoxy groups -OCH3 is 1. The molecule has 0 bridgehead atoms. The summed E-state index contributed by atoms with van der Waals surface area (Å²) in [6.45, 7) is 7.27. The Bertz CT molecular complexity index is 1140. The summed E-state index contributed by atoms with van der Waals surface area (Å²) in [6, 6.07) is 9.91. The second-order valence-corrected chi connectivity index (χ2v) is 9.52. The van der Waals surface area contributed by atoms with Crippen LogP contribution in [0.25, 0.3) is 0 Å². The minimum atomic E-state index is -0.792. The van der Waals surface area contributed by atoms with Crippen LogP contribution in [0.2, 0.25) is 0 Å². The quantitative estimate of drug-likeness (QED) is 0.195. The van der Waals surface area contributed by atoms with E-state index < -0.39 is 23.8 Å². The Hall–Kier alpha value is -3.60. The Morgan fingerprint density at radius 3 is 2.47 bits per heavy atom. The van der Waals surface area contributed by atoms with E-state index in [1.165, 1.54) is 13.3 Å². The molecular weight excluding hydrogens is 558 g/mol. The summed E-state index contributed by atoms with van der Waals surface area (Å²) in [6.07, 6.45) is 1.85. The van der Waals surface area contributed by atoms with Gasteiger partial charge in [0.2, 0.25) is 0 Å². The third-order valence-corrected chi connectivity index (χ3v) is 5.68. The van der Waals surface area contributed by atoms with E-state index in [1.807, 2.05) is 39.0 Å². The van der Waals surface area contributed by atoms with Crippen LogP contribution >= 0.6 is 15.9 Å². The van der Waals surface area contributed by atoms with Crippen LogP contribution in [-0.4, -0.2) is 57.0 Å². The van der Waals surface area contributed by atoms with Crippen LogP contribution in [0.15, 0.2) is 46.0 Å². The van der Waals surface area contributed by atoms with Crippen molar-refractivity contribution in [1.29, 1.82) is 0 Å². The van der Waals surface area contributed by atoms with Crippen LogP contribution in [0.4, 0.5) is 0 Å². The van der Waals surface area contributed by atoms with E-state index in [0.29, 0.717) is 33.7 Å². The highest BCUT2D eigenvalue weighted by molar-refractivity contribution is 9.10. The molecule has 2 aromatic rings. The zero-order chi connectivity index (χ0) is 28.1. The topological polar surface area (TPSA) is 125 Å². The lowest BCUT2D eigenvalue weighted by Crippen LogP contribution is -2.47. The van der Waals surface area contributed by atoms with E-state index in [1.54, 1.807) is 25.1 Å². The molecular formula is C27H34BrN3O7. The van der Waals surface area contributed by atoms with Crippen molar-refractivity contribution in [1.82, 2.24) is 10.7 Å². The molecule has 0 heterocycles. The number of hydrazone groups is 1. The predicted molar refractivity (Wildman–Crippen MR) is 147 cm³/mol. The second-order valence-electron chi connectivity index (χ2n) is 8.67. The number of carbonyl (C=O) groups is 3. The Morgan fingerprint density at radius 1 is 1.08 bits per heavy atom. The van der Waals surface area contributed by atoms with E-state index in [0.717, 1.165) is 5.56 Å². The van der Waals surface area contributed by atoms with Gasteiger partial charge in [0.25, 0.3) is 11.8 Å². The molecule has 2 aromatic carbocycles. The summed E-state index contributed by atoms with van der Waals surface area (Å²) in [5.41, 5.74) is 3.98. The Kier molecular flexibility index (Phi) is 12.6. The minimum Gasteiger partial charge on any atom is -0.493 e. The van der Waals surface area contributed by atoms with Gasteiger partial charge in [-0.1, -0.05) is 32.0 Å². The Labute approximate surface area is 231 Å². The van der Waals surface area contributed by atoms with Crippen LogP contribution in [0.3, 0.4) is 0 Å². The number of esters is 1. The van der Waals surface area contributed by atoms with Gasteiger partial charge in [0, 0.05) is 0 Å². The minimum absolute atomic E-state index is 0.148. The van der Waals surface area contributed by atoms with Crippen molar-refractivity contribution in [2.45, 2.75) is 40.2 Å². The molecule has 11 heteroatoms. The lowest BCUT2D eigenvalue weighted by Gasteiger charge is -2.19. The molecule has 206 valence electrons. The monoisotopic (exact) mass is 591 g/mol. The molecule has 38 heavy (non-hydrogen) atoms. The fraction of sp³-hybridized carbons (Fsp3) is 0.407. The highest BCUT2D eigenvalue weighted by atomic mass is 79.9. The summed E-state index contributed by atoms with van der Waals surface area (Å²) in [7, 11) is 1.46. The average molecular weight is 592 g/mol. The first kappa shape index (κ1) is 30.6. The number of para-hydroxylation sites is 1. The van der Waals surface area contributed by atoms with E-state index in [4.69, 9.17) is 18.9 Å². The maximum absolute atomic E-state index is 12.8. The largest absolute Gasteiger partial charge is 0.493 e. The molecule has 0 saturated carbocycles. The Morgan fingerprint density at radius 2 is 1.82 bits per heavy atom. The van der Waals surface area contributed by atoms with Crippen molar-refractivity contribution in [3.63, 3.8) is 0 Å². The standard InChI is InChI=1S/C27H34BrN3O7/c1-6-36-25(33)16-38-26-20(28)12-19(13-23(26)35-5)14-29-31-27(34)21(11-17(2)3)30-24(32)15-37-22-10-8-7-9-18(22)4/h7-10,12-14,17,21H,6,11,15-16H2,1-5H3,(H,30,32)(H,31,34)/b29-14-/t21-/m1/s1. The van der Waals surface area contributed by atoms with Gasteiger partial charge in [-0.2, -0.15) is 5.10 Å². The van der Waals surface area contributed by atoms with Crippen LogP contribution < -0.4 is 25.0 Å². The highest BCUT2D eigenvalue weighted by Crippen LogP contribution is 2.36. The van der Waals surface area contributed by atoms with Gasteiger partial charge in [-0.05, 0) is 71.4 Å². The summed E-state index contributed by atoms with van der Waals surface area (Å²) in [4.78, 5) is 36.9. The zero-order valence-corrected chi connectivity index (χ0v) is 23.8. The van der Waals surface area contributed by atoms with Crippen LogP contribution in [0.1, 0.15) is 38.3 Å². The van der Waals surface area contributed by atoms with Crippen molar-refractivity contribution in [2.75, 3.05) is 26.9 Å². The normalized spacial score (nSPS) is 11.7. The van der Waals surface area contributed by atoms with Gasteiger partial charge in [0.05, 0.1) is 24.4 Å². The number of nitrogens with zero attached hydrogens (tertiary/aromatic N) is 1. The summed E-state index contributed by atoms with van der Waals surface area (Å²) in [5, 5.41) is 6.75. The van der Waals surface area contributed by atoms with E-state index >= 15 is 0 Å². The first-order valence-corrected chi connectivity index (χ1v) is 12.9. The highest BCUT2D eigenvalue weighted by Gasteiger charge is 2.22. The molecule has 0 aliphatic rings. The van der Waals surface area contributed by atoms with Gasteiger partial charge < -0.3 is 24.3 Å². The van der Waals surface area contributed by atoms with Crippen molar-refractivity contribution in [3.8, 4) is 17.2 Å². The number of rotatable bonds is 14. The summed E-state index contributed by atoms with van der Waals surface area (Å²) < 4.78 is 21.8. The van der Waals surface area contributed by atoms with E-state index in [-0.39, 0.29) is 25.7 Å². The van der Waals surface area contributed by atoms with Gasteiger partial charge in [-0.25, -0.2) is 10.2 Å². The molecule has 0 aliphatic heterocycles. The molecule has 1 atom stereocenters. The zero-order valence-electron chi connectivity index (χ0n) is 22.2. The van der Waals surface area contributed by atoms with Crippen molar-refractivity contribution < 1.29 is 33.3 Å². The van der Waals surface area contributed by atoms with Gasteiger partial charge in [-0.3, -0.25) is 9.59 Å². The third-order valence-electron chi connectivity index (χ3n) is 5.09. The molecule has 0 aliphatic carbocycles. The van der Waals surface area contributed by atoms with Crippen molar-refractivity contribution in [3.05, 3.63) is 52.0 Å². The van der Waals surface area contributed by atoms with Crippen molar-refractivity contribution in [2.24, 2.45) is 11.0 Å². The van der Waals surface area contributed by atoms with E-state index in [2.05, 4.69) is 31.8 Å². The number of carbonyl (C=O) groups excluding carboxylic acids is 3. The Balaban J connectivity index is 2.01. The van der Waals surface area contributed by atoms with Gasteiger partial charge in [0.15, 0.2) is 24.7 Å². The van der Waals surface area contributed by atoms with Crippen molar-refractivity contribution >= 4 is 39.9 Å². The first-order chi connectivity index (χ1) is 18.1. The molecule has 10 nitrogen and oxygen atoms in total. The molecule has 0 fully saturated rings. The second kappa shape index (κ2) is 15.6. The fourth-order valence-corrected chi connectivity index (χ4v) is 3.91. The maximum Gasteiger partial charge on any atom is 0.344 e. The van der Waals surface area contributed by atoms with Crippen LogP contribution in [-0.2, 0) is 19.1 Å². The lowest BCUT2D eigenvalue weighted by molar-refractivity contribution is -0.145. The molecule has 0 spiro atoms. The summed E-state index contributed by atoms with van der Waals surface area (Å²) in [5.74, 6) is 0.0689. The number of benzene rings is 2.